The zero-order valence-corrected chi connectivity index (χ0v) is 17.0. The Bertz CT molecular complexity index is 1140. The van der Waals surface area contributed by atoms with Gasteiger partial charge >= 0.3 is 12.4 Å². The van der Waals surface area contributed by atoms with Crippen LogP contribution in [0.15, 0.2) is 60.8 Å². The van der Waals surface area contributed by atoms with Gasteiger partial charge in [0.1, 0.15) is 5.82 Å². The molecular formula is C23H17F6N3O. The number of nitrogens with zero attached hydrogens (tertiary/aromatic N) is 2. The van der Waals surface area contributed by atoms with Crippen LogP contribution in [0.4, 0.5) is 32.2 Å². The van der Waals surface area contributed by atoms with Gasteiger partial charge in [0.25, 0.3) is 0 Å². The number of aromatic nitrogens is 1. The van der Waals surface area contributed by atoms with E-state index in [9.17, 15) is 31.1 Å². The molecule has 33 heavy (non-hydrogen) atoms. The number of benzene rings is 2. The third-order valence-electron chi connectivity index (χ3n) is 5.27. The van der Waals surface area contributed by atoms with Crippen LogP contribution in [0.5, 0.6) is 0 Å². The fourth-order valence-corrected chi connectivity index (χ4v) is 3.72. The molecule has 1 aliphatic rings. The summed E-state index contributed by atoms with van der Waals surface area (Å²) in [5, 5.41) is 2.91. The molecule has 1 aromatic heterocycles. The van der Waals surface area contributed by atoms with Gasteiger partial charge in [0.05, 0.1) is 24.2 Å². The minimum Gasteiger partial charge on any atom is -0.361 e. The Morgan fingerprint density at radius 3 is 2.15 bits per heavy atom. The van der Waals surface area contributed by atoms with Crippen molar-refractivity contribution in [1.82, 2.24) is 9.88 Å². The van der Waals surface area contributed by atoms with Crippen molar-refractivity contribution in [2.45, 2.75) is 25.4 Å². The Kier molecular flexibility index (Phi) is 5.77. The number of fused-ring (bicyclic) bond motifs is 1. The second-order valence-corrected chi connectivity index (χ2v) is 7.57. The molecule has 172 valence electrons. The van der Waals surface area contributed by atoms with Gasteiger partial charge in [-0.3, -0.25) is 4.79 Å². The molecule has 0 radical (unpaired) electrons. The second kappa shape index (κ2) is 8.42. The SMILES string of the molecule is O=C1CNc2nccc(-c3ccccc3)c2CN1Cc1cc(C(F)(F)F)cc(C(F)(F)F)c1. The van der Waals surface area contributed by atoms with E-state index in [1.807, 2.05) is 30.3 Å². The van der Waals surface area contributed by atoms with Crippen LogP contribution >= 0.6 is 0 Å². The molecular weight excluding hydrogens is 448 g/mol. The molecule has 0 atom stereocenters. The number of nitrogens with one attached hydrogen (secondary N) is 1. The molecule has 1 N–H and O–H groups in total. The fraction of sp³-hybridized carbons (Fsp3) is 0.217. The zero-order valence-electron chi connectivity index (χ0n) is 17.0. The monoisotopic (exact) mass is 465 g/mol. The van der Waals surface area contributed by atoms with Gasteiger partial charge < -0.3 is 10.2 Å². The van der Waals surface area contributed by atoms with E-state index in [2.05, 4.69) is 10.3 Å². The summed E-state index contributed by atoms with van der Waals surface area (Å²) in [6, 6.07) is 12.3. The van der Waals surface area contributed by atoms with E-state index in [1.165, 1.54) is 4.90 Å². The number of anilines is 1. The van der Waals surface area contributed by atoms with Crippen LogP contribution in [0.1, 0.15) is 22.3 Å². The average molecular weight is 465 g/mol. The Morgan fingerprint density at radius 2 is 1.55 bits per heavy atom. The highest BCUT2D eigenvalue weighted by Crippen LogP contribution is 2.37. The number of carbonyl (C=O) groups excluding carboxylic acids is 1. The van der Waals surface area contributed by atoms with Crippen molar-refractivity contribution >= 4 is 11.7 Å². The van der Waals surface area contributed by atoms with Gasteiger partial charge in [-0.15, -0.1) is 0 Å². The number of hydrogen-bond acceptors (Lipinski definition) is 3. The summed E-state index contributed by atoms with van der Waals surface area (Å²) in [4.78, 5) is 18.2. The molecule has 0 saturated heterocycles. The van der Waals surface area contributed by atoms with E-state index in [1.54, 1.807) is 12.3 Å². The molecule has 1 aliphatic heterocycles. The van der Waals surface area contributed by atoms with Crippen LogP contribution in [0.25, 0.3) is 11.1 Å². The second-order valence-electron chi connectivity index (χ2n) is 7.57. The molecule has 0 aliphatic carbocycles. The number of amides is 1. The molecule has 4 nitrogen and oxygen atoms in total. The maximum atomic E-state index is 13.2. The number of pyridine rings is 1. The highest BCUT2D eigenvalue weighted by molar-refractivity contribution is 5.84. The molecule has 0 spiro atoms. The van der Waals surface area contributed by atoms with Gasteiger partial charge in [-0.1, -0.05) is 30.3 Å². The van der Waals surface area contributed by atoms with E-state index < -0.39 is 35.9 Å². The van der Waals surface area contributed by atoms with Gasteiger partial charge in [-0.05, 0) is 41.0 Å². The van der Waals surface area contributed by atoms with Crippen molar-refractivity contribution in [1.29, 1.82) is 0 Å². The summed E-state index contributed by atoms with van der Waals surface area (Å²) in [5.74, 6) is -0.0368. The number of carbonyl (C=O) groups is 1. The number of alkyl halides is 6. The Morgan fingerprint density at radius 1 is 0.909 bits per heavy atom. The van der Waals surface area contributed by atoms with Crippen molar-refractivity contribution in [3.05, 3.63) is 83.0 Å². The van der Waals surface area contributed by atoms with E-state index >= 15 is 0 Å². The fourth-order valence-electron chi connectivity index (χ4n) is 3.72. The standard InChI is InChI=1S/C23H17F6N3O/c24-22(25,26)16-8-14(9-17(10-16)23(27,28)29)12-32-13-19-18(15-4-2-1-3-5-15)6-7-30-21(19)31-11-20(32)33/h1-10H,11-13H2,(H,30,31). The maximum Gasteiger partial charge on any atom is 0.416 e. The molecule has 0 bridgehead atoms. The first-order chi connectivity index (χ1) is 15.5. The smallest absolute Gasteiger partial charge is 0.361 e. The lowest BCUT2D eigenvalue weighted by atomic mass is 10.00. The summed E-state index contributed by atoms with van der Waals surface area (Å²) in [5.41, 5.74) is -0.880. The molecule has 2 aromatic carbocycles. The lowest BCUT2D eigenvalue weighted by Gasteiger charge is -2.23. The molecule has 0 fully saturated rings. The highest BCUT2D eigenvalue weighted by atomic mass is 19.4. The van der Waals surface area contributed by atoms with Gasteiger partial charge in [0.15, 0.2) is 0 Å². The summed E-state index contributed by atoms with van der Waals surface area (Å²) < 4.78 is 79.4. The predicted molar refractivity (Wildman–Crippen MR) is 109 cm³/mol. The van der Waals surface area contributed by atoms with Crippen LogP contribution in [-0.2, 0) is 30.2 Å². The van der Waals surface area contributed by atoms with E-state index in [0.29, 0.717) is 23.5 Å². The maximum absolute atomic E-state index is 13.2. The number of hydrogen-bond donors (Lipinski definition) is 1. The molecule has 2 heterocycles. The largest absolute Gasteiger partial charge is 0.416 e. The number of rotatable bonds is 3. The molecule has 10 heteroatoms. The topological polar surface area (TPSA) is 45.2 Å². The van der Waals surface area contributed by atoms with Crippen LogP contribution in [0.2, 0.25) is 0 Å². The normalized spacial score (nSPS) is 14.5. The summed E-state index contributed by atoms with van der Waals surface area (Å²) in [6.45, 7) is -0.643. The van der Waals surface area contributed by atoms with E-state index in [4.69, 9.17) is 0 Å². The summed E-state index contributed by atoms with van der Waals surface area (Å²) in [7, 11) is 0. The first kappa shape index (κ1) is 22.6. The molecule has 1 amide bonds. The van der Waals surface area contributed by atoms with Crippen LogP contribution in [-0.4, -0.2) is 22.3 Å². The van der Waals surface area contributed by atoms with E-state index in [0.717, 1.165) is 11.1 Å². The Labute approximate surface area is 184 Å². The lowest BCUT2D eigenvalue weighted by molar-refractivity contribution is -0.143. The zero-order chi connectivity index (χ0) is 23.8. The van der Waals surface area contributed by atoms with Crippen molar-refractivity contribution in [2.75, 3.05) is 11.9 Å². The van der Waals surface area contributed by atoms with Crippen molar-refractivity contribution in [3.8, 4) is 11.1 Å². The first-order valence-corrected chi connectivity index (χ1v) is 9.85. The first-order valence-electron chi connectivity index (χ1n) is 9.85. The summed E-state index contributed by atoms with van der Waals surface area (Å²) >= 11 is 0. The highest BCUT2D eigenvalue weighted by Gasteiger charge is 2.37. The number of halogens is 6. The quantitative estimate of drug-likeness (QED) is 0.502. The third kappa shape index (κ3) is 4.94. The minimum absolute atomic E-state index is 0.0309. The van der Waals surface area contributed by atoms with Crippen molar-refractivity contribution in [2.24, 2.45) is 0 Å². The molecule has 4 rings (SSSR count). The average Bonchev–Trinajstić information content (AvgIpc) is 2.92. The van der Waals surface area contributed by atoms with Gasteiger partial charge in [0.2, 0.25) is 5.91 Å². The Hall–Kier alpha value is -3.56. The Balaban J connectivity index is 1.73. The van der Waals surface area contributed by atoms with E-state index in [-0.39, 0.29) is 24.7 Å². The predicted octanol–water partition coefficient (Wildman–Crippen LogP) is 5.74. The summed E-state index contributed by atoms with van der Waals surface area (Å²) in [6.07, 6.45) is -8.36. The molecule has 0 saturated carbocycles. The lowest BCUT2D eigenvalue weighted by Crippen LogP contribution is -2.32. The van der Waals surface area contributed by atoms with Gasteiger partial charge in [0, 0.05) is 18.3 Å². The third-order valence-corrected chi connectivity index (χ3v) is 5.27. The minimum atomic E-state index is -4.96. The molecule has 0 unspecified atom stereocenters. The van der Waals surface area contributed by atoms with Crippen molar-refractivity contribution < 1.29 is 31.1 Å². The van der Waals surface area contributed by atoms with Gasteiger partial charge in [-0.25, -0.2) is 4.98 Å². The van der Waals surface area contributed by atoms with Gasteiger partial charge in [-0.2, -0.15) is 26.3 Å². The van der Waals surface area contributed by atoms with Crippen LogP contribution in [0.3, 0.4) is 0 Å². The van der Waals surface area contributed by atoms with Crippen LogP contribution < -0.4 is 5.32 Å². The van der Waals surface area contributed by atoms with Crippen LogP contribution in [0, 0.1) is 0 Å². The van der Waals surface area contributed by atoms with Crippen molar-refractivity contribution in [3.63, 3.8) is 0 Å². The molecule has 3 aromatic rings.